The van der Waals surface area contributed by atoms with Crippen LogP contribution in [0.2, 0.25) is 0 Å². The van der Waals surface area contributed by atoms with Gasteiger partial charge in [-0.2, -0.15) is 0 Å². The summed E-state index contributed by atoms with van der Waals surface area (Å²) in [7, 11) is 1.61. The number of benzene rings is 1. The van der Waals surface area contributed by atoms with E-state index in [-0.39, 0.29) is 6.10 Å². The molecule has 0 saturated heterocycles. The number of hydrogen-bond acceptors (Lipinski definition) is 5. The molecule has 1 heterocycles. The second-order valence-electron chi connectivity index (χ2n) is 4.91. The first kappa shape index (κ1) is 15.3. The first-order valence-corrected chi connectivity index (χ1v) is 6.80. The summed E-state index contributed by atoms with van der Waals surface area (Å²) in [5.74, 6) is 0.679. The molecule has 21 heavy (non-hydrogen) atoms. The summed E-state index contributed by atoms with van der Waals surface area (Å²) in [5.41, 5.74) is 5.15. The quantitative estimate of drug-likeness (QED) is 0.797. The smallest absolute Gasteiger partial charge is 0.145 e. The van der Waals surface area contributed by atoms with Crippen molar-refractivity contribution in [1.82, 2.24) is 4.98 Å². The molecular formula is C16H20N2O3. The fraction of sp³-hybridized carbons (Fsp3) is 0.312. The third-order valence-corrected chi connectivity index (χ3v) is 2.97. The van der Waals surface area contributed by atoms with Crippen LogP contribution in [0.5, 0.6) is 5.75 Å². The third kappa shape index (κ3) is 3.93. The van der Waals surface area contributed by atoms with Gasteiger partial charge in [0.15, 0.2) is 0 Å². The number of ether oxygens (including phenoxy) is 2. The van der Waals surface area contributed by atoms with Crippen molar-refractivity contribution in [1.29, 1.82) is 0 Å². The number of pyridine rings is 1. The van der Waals surface area contributed by atoms with Gasteiger partial charge in [0.05, 0.1) is 31.2 Å². The monoisotopic (exact) mass is 288 g/mol. The van der Waals surface area contributed by atoms with Gasteiger partial charge in [0, 0.05) is 5.56 Å². The van der Waals surface area contributed by atoms with E-state index in [9.17, 15) is 0 Å². The van der Waals surface area contributed by atoms with Crippen molar-refractivity contribution in [3.8, 4) is 17.0 Å². The zero-order chi connectivity index (χ0) is 15.2. The molecule has 0 radical (unpaired) electrons. The van der Waals surface area contributed by atoms with Crippen LogP contribution in [0.25, 0.3) is 11.3 Å². The molecule has 2 rings (SSSR count). The molecule has 5 nitrogen and oxygen atoms in total. The van der Waals surface area contributed by atoms with Gasteiger partial charge in [0.1, 0.15) is 11.4 Å². The number of aromatic nitrogens is 1. The molecule has 0 aliphatic rings. The van der Waals surface area contributed by atoms with Crippen molar-refractivity contribution in [3.05, 3.63) is 42.1 Å². The van der Waals surface area contributed by atoms with Crippen LogP contribution >= 0.6 is 0 Å². The molecule has 0 atom stereocenters. The minimum atomic E-state index is 0.152. The van der Waals surface area contributed by atoms with Gasteiger partial charge in [-0.3, -0.25) is 10.7 Å². The summed E-state index contributed by atoms with van der Waals surface area (Å²) in [6, 6.07) is 11.1. The summed E-state index contributed by atoms with van der Waals surface area (Å²) >= 11 is 0. The highest BCUT2D eigenvalue weighted by molar-refractivity contribution is 5.70. The fourth-order valence-electron chi connectivity index (χ4n) is 1.93. The molecule has 0 unspecified atom stereocenters. The van der Waals surface area contributed by atoms with Crippen molar-refractivity contribution in [3.63, 3.8) is 0 Å². The van der Waals surface area contributed by atoms with Crippen molar-refractivity contribution >= 4 is 5.69 Å². The van der Waals surface area contributed by atoms with E-state index in [2.05, 4.69) is 10.5 Å². The van der Waals surface area contributed by atoms with Gasteiger partial charge in [0.25, 0.3) is 0 Å². The molecule has 0 spiro atoms. The Morgan fingerprint density at radius 3 is 2.71 bits per heavy atom. The van der Waals surface area contributed by atoms with E-state index in [1.54, 1.807) is 19.2 Å². The van der Waals surface area contributed by atoms with E-state index >= 15 is 0 Å². The van der Waals surface area contributed by atoms with Crippen LogP contribution in [0.3, 0.4) is 0 Å². The Morgan fingerprint density at radius 2 is 2.05 bits per heavy atom. The highest BCUT2D eigenvalue weighted by Crippen LogP contribution is 2.29. The minimum Gasteiger partial charge on any atom is -0.494 e. The lowest BCUT2D eigenvalue weighted by Gasteiger charge is -2.12. The lowest BCUT2D eigenvalue weighted by molar-refractivity contribution is 0.0636. The van der Waals surface area contributed by atoms with Crippen LogP contribution in [-0.4, -0.2) is 23.4 Å². The highest BCUT2D eigenvalue weighted by atomic mass is 16.5. The summed E-state index contributed by atoms with van der Waals surface area (Å²) in [6.07, 6.45) is 0.152. The molecule has 5 heteroatoms. The fourth-order valence-corrected chi connectivity index (χ4v) is 1.93. The van der Waals surface area contributed by atoms with Crippen LogP contribution in [0.15, 0.2) is 36.4 Å². The highest BCUT2D eigenvalue weighted by Gasteiger charge is 2.10. The maximum Gasteiger partial charge on any atom is 0.145 e. The second-order valence-corrected chi connectivity index (χ2v) is 4.91. The number of methoxy groups -OCH3 is 1. The van der Waals surface area contributed by atoms with E-state index in [0.29, 0.717) is 18.0 Å². The topological polar surface area (TPSA) is 63.6 Å². The summed E-state index contributed by atoms with van der Waals surface area (Å²) < 4.78 is 10.9. The van der Waals surface area contributed by atoms with Crippen LogP contribution < -0.4 is 10.2 Å². The van der Waals surface area contributed by atoms with Gasteiger partial charge in [-0.15, -0.1) is 0 Å². The van der Waals surface area contributed by atoms with Gasteiger partial charge in [-0.1, -0.05) is 12.1 Å². The Kier molecular flexibility index (Phi) is 5.14. The Morgan fingerprint density at radius 1 is 1.24 bits per heavy atom. The SMILES string of the molecule is COc1ccc(COC(C)C)nc1-c1cccc(NO)c1. The summed E-state index contributed by atoms with van der Waals surface area (Å²) in [4.78, 5) is 4.60. The summed E-state index contributed by atoms with van der Waals surface area (Å²) in [6.45, 7) is 4.42. The van der Waals surface area contributed by atoms with E-state index in [1.807, 2.05) is 38.1 Å². The van der Waals surface area contributed by atoms with Crippen molar-refractivity contribution < 1.29 is 14.7 Å². The number of nitrogens with zero attached hydrogens (tertiary/aromatic N) is 1. The van der Waals surface area contributed by atoms with Gasteiger partial charge in [0.2, 0.25) is 0 Å². The largest absolute Gasteiger partial charge is 0.494 e. The maximum absolute atomic E-state index is 9.01. The average molecular weight is 288 g/mol. The number of rotatable bonds is 6. The molecule has 2 N–H and O–H groups in total. The lowest BCUT2D eigenvalue weighted by Crippen LogP contribution is -2.04. The number of anilines is 1. The van der Waals surface area contributed by atoms with Gasteiger partial charge in [-0.25, -0.2) is 4.98 Å². The predicted octanol–water partition coefficient (Wildman–Crippen LogP) is 3.48. The number of hydrogen-bond donors (Lipinski definition) is 2. The number of nitrogens with one attached hydrogen (secondary N) is 1. The molecule has 0 saturated carbocycles. The van der Waals surface area contributed by atoms with Crippen LogP contribution in [0.1, 0.15) is 19.5 Å². The zero-order valence-electron chi connectivity index (χ0n) is 12.5. The molecule has 2 aromatic rings. The first-order chi connectivity index (χ1) is 10.1. The minimum absolute atomic E-state index is 0.152. The van der Waals surface area contributed by atoms with E-state index in [1.165, 1.54) is 0 Å². The molecule has 1 aromatic carbocycles. The van der Waals surface area contributed by atoms with Crippen molar-refractivity contribution in [2.45, 2.75) is 26.6 Å². The maximum atomic E-state index is 9.01. The first-order valence-electron chi connectivity index (χ1n) is 6.80. The standard InChI is InChI=1S/C16H20N2O3/c1-11(2)21-10-14-7-8-15(20-3)16(17-14)12-5-4-6-13(9-12)18-19/h4-9,11,18-19H,10H2,1-3H3. The average Bonchev–Trinajstić information content (AvgIpc) is 2.52. The normalized spacial score (nSPS) is 10.7. The third-order valence-electron chi connectivity index (χ3n) is 2.97. The van der Waals surface area contributed by atoms with Crippen LogP contribution in [0, 0.1) is 0 Å². The molecule has 0 amide bonds. The second kappa shape index (κ2) is 7.06. The van der Waals surface area contributed by atoms with Gasteiger partial charge < -0.3 is 9.47 Å². The van der Waals surface area contributed by atoms with E-state index < -0.39 is 0 Å². The molecule has 0 fully saturated rings. The molecule has 0 bridgehead atoms. The Bertz CT molecular complexity index is 600. The molecule has 0 aliphatic heterocycles. The Balaban J connectivity index is 2.37. The van der Waals surface area contributed by atoms with E-state index in [0.717, 1.165) is 17.0 Å². The van der Waals surface area contributed by atoms with Crippen LogP contribution in [0.4, 0.5) is 5.69 Å². The van der Waals surface area contributed by atoms with E-state index in [4.69, 9.17) is 14.7 Å². The predicted molar refractivity (Wildman–Crippen MR) is 81.6 cm³/mol. The molecular weight excluding hydrogens is 268 g/mol. The zero-order valence-corrected chi connectivity index (χ0v) is 12.5. The Hall–Kier alpha value is -2.11. The molecule has 0 aliphatic carbocycles. The lowest BCUT2D eigenvalue weighted by atomic mass is 10.1. The summed E-state index contributed by atoms with van der Waals surface area (Å²) in [5, 5.41) is 9.01. The Labute approximate surface area is 124 Å². The molecule has 1 aromatic heterocycles. The van der Waals surface area contributed by atoms with Crippen molar-refractivity contribution in [2.24, 2.45) is 0 Å². The molecule has 112 valence electrons. The van der Waals surface area contributed by atoms with Gasteiger partial charge in [-0.05, 0) is 38.1 Å². The van der Waals surface area contributed by atoms with Crippen LogP contribution in [-0.2, 0) is 11.3 Å². The van der Waals surface area contributed by atoms with Crippen molar-refractivity contribution in [2.75, 3.05) is 12.6 Å². The van der Waals surface area contributed by atoms with Gasteiger partial charge >= 0.3 is 0 Å².